The first-order valence-corrected chi connectivity index (χ1v) is 18.9. The molecule has 2 aliphatic heterocycles. The third kappa shape index (κ3) is 9.38. The zero-order chi connectivity index (χ0) is 39.7. The predicted molar refractivity (Wildman–Crippen MR) is 203 cm³/mol. The van der Waals surface area contributed by atoms with Gasteiger partial charge >= 0.3 is 12.3 Å². The minimum absolute atomic E-state index is 0.117. The molecule has 0 saturated carbocycles. The molecule has 4 aromatic rings. The van der Waals surface area contributed by atoms with Crippen LogP contribution < -0.4 is 5.32 Å². The Bertz CT molecular complexity index is 1960. The van der Waals surface area contributed by atoms with Gasteiger partial charge in [-0.15, -0.1) is 0 Å². The molecule has 6 rings (SSSR count). The van der Waals surface area contributed by atoms with Crippen LogP contribution in [0.3, 0.4) is 0 Å². The second kappa shape index (κ2) is 15.8. The Morgan fingerprint density at radius 3 is 2.29 bits per heavy atom. The van der Waals surface area contributed by atoms with Crippen LogP contribution in [-0.2, 0) is 23.2 Å². The number of rotatable bonds is 9. The number of aromatic amines is 1. The van der Waals surface area contributed by atoms with E-state index in [2.05, 4.69) is 72.7 Å². The summed E-state index contributed by atoms with van der Waals surface area (Å²) in [6.45, 7) is 17.0. The molecule has 0 unspecified atom stereocenters. The van der Waals surface area contributed by atoms with Crippen LogP contribution in [0.5, 0.6) is 0 Å². The number of hydrogen-bond donors (Lipinski definition) is 2. The molecule has 2 aliphatic rings. The Kier molecular flexibility index (Phi) is 11.4. The Morgan fingerprint density at radius 1 is 0.964 bits per heavy atom. The van der Waals surface area contributed by atoms with E-state index in [0.29, 0.717) is 30.7 Å². The number of likely N-dealkylation sites (tertiary alicyclic amines) is 1. The highest BCUT2D eigenvalue weighted by atomic mass is 19.4. The van der Waals surface area contributed by atoms with Crippen LogP contribution in [0.15, 0.2) is 54.9 Å². The number of ether oxygens (including phenoxy) is 1. The molecule has 12 nitrogen and oxygen atoms in total. The van der Waals surface area contributed by atoms with Crippen LogP contribution in [0.4, 0.5) is 18.0 Å². The minimum Gasteiger partial charge on any atom is -0.444 e. The maximum absolute atomic E-state index is 13.4. The lowest BCUT2D eigenvalue weighted by molar-refractivity contribution is -0.182. The fourth-order valence-corrected chi connectivity index (χ4v) is 7.11. The topological polar surface area (TPSA) is 125 Å². The molecule has 0 radical (unpaired) electrons. The Labute approximate surface area is 320 Å². The fourth-order valence-electron chi connectivity index (χ4n) is 7.11. The van der Waals surface area contributed by atoms with E-state index in [4.69, 9.17) is 4.74 Å². The number of aryl methyl sites for hydroxylation is 1. The number of carbonyl (C=O) groups excluding carboxylic acids is 2. The van der Waals surface area contributed by atoms with Gasteiger partial charge < -0.3 is 15.0 Å². The summed E-state index contributed by atoms with van der Waals surface area (Å²) in [6, 6.07) is 15.8. The number of halogens is 3. The zero-order valence-electron chi connectivity index (χ0n) is 32.7. The molecule has 2 aromatic heterocycles. The molecule has 55 heavy (non-hydrogen) atoms. The van der Waals surface area contributed by atoms with Crippen molar-refractivity contribution >= 4 is 12.0 Å². The van der Waals surface area contributed by atoms with Gasteiger partial charge in [0, 0.05) is 57.5 Å². The lowest BCUT2D eigenvalue weighted by atomic mass is 9.92. The maximum Gasteiger partial charge on any atom is 0.410 e. The van der Waals surface area contributed by atoms with Gasteiger partial charge in [0.05, 0.1) is 24.0 Å². The molecular weight excluding hydrogens is 711 g/mol. The summed E-state index contributed by atoms with van der Waals surface area (Å²) in [5.74, 6) is -0.715. The van der Waals surface area contributed by atoms with Crippen LogP contribution in [0, 0.1) is 6.92 Å². The summed E-state index contributed by atoms with van der Waals surface area (Å²) < 4.78 is 47.3. The molecule has 2 fully saturated rings. The molecule has 2 amide bonds. The minimum atomic E-state index is -4.52. The molecule has 2 aromatic carbocycles. The van der Waals surface area contributed by atoms with E-state index >= 15 is 0 Å². The van der Waals surface area contributed by atoms with Crippen molar-refractivity contribution < 1.29 is 27.5 Å². The number of aromatic nitrogens is 5. The number of hydrogen-bond acceptors (Lipinski definition) is 8. The van der Waals surface area contributed by atoms with Crippen LogP contribution >= 0.6 is 0 Å². The Hall–Kier alpha value is -4.76. The van der Waals surface area contributed by atoms with Gasteiger partial charge in [0.1, 0.15) is 16.8 Å². The fraction of sp³-hybridized carbons (Fsp3) is 0.525. The molecule has 2 atom stereocenters. The van der Waals surface area contributed by atoms with E-state index in [-0.39, 0.29) is 24.3 Å². The average Bonchev–Trinajstić information content (AvgIpc) is 3.82. The van der Waals surface area contributed by atoms with Gasteiger partial charge in [-0.3, -0.25) is 19.7 Å². The molecule has 0 aliphatic carbocycles. The van der Waals surface area contributed by atoms with E-state index < -0.39 is 23.1 Å². The standard InChI is InChI=1S/C40H52F3N9O3/c1-26-20-30(12-13-33(26)52-25-31(22-45-52)35(53)44-23-34-46-36(48-47-34)39(6,7)40(41,42)43)29-10-8-28(9-11-29)24-51-15-14-32(21-27(51)2)49-16-18-50(19-17-49)37(54)55-38(3,4)5/h8-13,20,22,25,27,32H,14-19,21,23-24H2,1-7H3,(H,44,53)(H,46,47,48)/t27-,32-/m0/s1. The lowest BCUT2D eigenvalue weighted by Crippen LogP contribution is -2.56. The highest BCUT2D eigenvalue weighted by Crippen LogP contribution is 2.38. The first-order chi connectivity index (χ1) is 25.9. The van der Waals surface area contributed by atoms with Crippen molar-refractivity contribution in [3.05, 3.63) is 83.2 Å². The molecular formula is C40H52F3N9O3. The first-order valence-electron chi connectivity index (χ1n) is 18.9. The molecule has 0 bridgehead atoms. The monoisotopic (exact) mass is 763 g/mol. The van der Waals surface area contributed by atoms with Crippen molar-refractivity contribution in [3.8, 4) is 16.8 Å². The van der Waals surface area contributed by atoms with Crippen LogP contribution in [-0.4, -0.2) is 108 Å². The van der Waals surface area contributed by atoms with Gasteiger partial charge in [-0.05, 0) is 95.7 Å². The van der Waals surface area contributed by atoms with E-state index in [1.165, 1.54) is 11.8 Å². The number of nitrogens with zero attached hydrogens (tertiary/aromatic N) is 7. The number of piperidine rings is 1. The van der Waals surface area contributed by atoms with E-state index in [9.17, 15) is 22.8 Å². The van der Waals surface area contributed by atoms with Gasteiger partial charge in [0.2, 0.25) is 0 Å². The summed E-state index contributed by atoms with van der Waals surface area (Å²) in [6.07, 6.45) is 0.534. The summed E-state index contributed by atoms with van der Waals surface area (Å²) >= 11 is 0. The summed E-state index contributed by atoms with van der Waals surface area (Å²) in [4.78, 5) is 36.2. The number of amides is 2. The molecule has 296 valence electrons. The molecule has 4 heterocycles. The largest absolute Gasteiger partial charge is 0.444 e. The quantitative estimate of drug-likeness (QED) is 0.195. The van der Waals surface area contributed by atoms with Crippen LogP contribution in [0.25, 0.3) is 16.8 Å². The molecule has 15 heteroatoms. The third-order valence-corrected chi connectivity index (χ3v) is 10.6. The van der Waals surface area contributed by atoms with Crippen molar-refractivity contribution in [2.24, 2.45) is 0 Å². The number of carbonyl (C=O) groups is 2. The van der Waals surface area contributed by atoms with Gasteiger partial charge in [0.15, 0.2) is 5.82 Å². The number of benzene rings is 2. The second-order valence-corrected chi connectivity index (χ2v) is 16.3. The van der Waals surface area contributed by atoms with Crippen molar-refractivity contribution in [3.63, 3.8) is 0 Å². The SMILES string of the molecule is Cc1cc(-c2ccc(CN3CC[C@H](N4CCN(C(=O)OC(C)(C)C)CC4)C[C@@H]3C)cc2)ccc1-n1cc(C(=O)NCc2nc(C(C)(C)C(F)(F)F)n[nH]2)cn1. The van der Waals surface area contributed by atoms with Crippen molar-refractivity contribution in [2.45, 2.75) is 104 Å². The highest BCUT2D eigenvalue weighted by Gasteiger charge is 2.51. The van der Waals surface area contributed by atoms with Gasteiger partial charge in [0.25, 0.3) is 5.91 Å². The highest BCUT2D eigenvalue weighted by molar-refractivity contribution is 5.93. The smallest absolute Gasteiger partial charge is 0.410 e. The van der Waals surface area contributed by atoms with Gasteiger partial charge in [-0.25, -0.2) is 14.5 Å². The van der Waals surface area contributed by atoms with Crippen LogP contribution in [0.2, 0.25) is 0 Å². The molecule has 2 N–H and O–H groups in total. The number of alkyl halides is 3. The molecule has 2 saturated heterocycles. The first kappa shape index (κ1) is 39.9. The Morgan fingerprint density at radius 2 is 1.65 bits per heavy atom. The normalized spacial score (nSPS) is 19.1. The summed E-state index contributed by atoms with van der Waals surface area (Å²) in [5.41, 5.74) is 2.81. The third-order valence-electron chi connectivity index (χ3n) is 10.6. The van der Waals surface area contributed by atoms with Gasteiger partial charge in [-0.1, -0.05) is 30.3 Å². The second-order valence-electron chi connectivity index (χ2n) is 16.3. The van der Waals surface area contributed by atoms with Crippen molar-refractivity contribution in [1.82, 2.24) is 45.0 Å². The summed E-state index contributed by atoms with van der Waals surface area (Å²) in [7, 11) is 0. The van der Waals surface area contributed by atoms with Crippen molar-refractivity contribution in [2.75, 3.05) is 32.7 Å². The molecule has 0 spiro atoms. The number of H-pyrrole nitrogens is 1. The van der Waals surface area contributed by atoms with E-state index in [0.717, 1.165) is 75.2 Å². The average molecular weight is 764 g/mol. The van der Waals surface area contributed by atoms with Crippen LogP contribution in [0.1, 0.15) is 87.5 Å². The predicted octanol–water partition coefficient (Wildman–Crippen LogP) is 6.64. The lowest BCUT2D eigenvalue weighted by Gasteiger charge is -2.45. The summed E-state index contributed by atoms with van der Waals surface area (Å²) in [5, 5.41) is 13.2. The van der Waals surface area contributed by atoms with E-state index in [1.54, 1.807) is 10.9 Å². The maximum atomic E-state index is 13.4. The number of nitrogens with one attached hydrogen (secondary N) is 2. The van der Waals surface area contributed by atoms with E-state index in [1.807, 2.05) is 44.7 Å². The number of piperazine rings is 1. The van der Waals surface area contributed by atoms with Gasteiger partial charge in [-0.2, -0.15) is 23.4 Å². The Balaban J connectivity index is 0.988. The zero-order valence-corrected chi connectivity index (χ0v) is 32.7. The van der Waals surface area contributed by atoms with Crippen molar-refractivity contribution in [1.29, 1.82) is 0 Å².